The molecule has 2 N–H and O–H groups in total. The number of rotatable bonds is 6. The van der Waals surface area contributed by atoms with Crippen molar-refractivity contribution < 1.29 is 0 Å². The zero-order valence-corrected chi connectivity index (χ0v) is 14.7. The minimum atomic E-state index is 0.568. The summed E-state index contributed by atoms with van der Waals surface area (Å²) in [6, 6.07) is 26.0. The average molecular weight is 353 g/mol. The molecule has 0 aliphatic carbocycles. The molecule has 0 aliphatic rings. The lowest BCUT2D eigenvalue weighted by molar-refractivity contribution is 1.04. The minimum Gasteiger partial charge on any atom is -0.350 e. The molecule has 2 aromatic heterocycles. The van der Waals surface area contributed by atoms with E-state index in [-0.39, 0.29) is 0 Å². The molecule has 132 valence electrons. The molecule has 0 bridgehead atoms. The molecule has 0 aliphatic heterocycles. The summed E-state index contributed by atoms with van der Waals surface area (Å²) in [5, 5.41) is 6.64. The van der Waals surface area contributed by atoms with Crippen molar-refractivity contribution in [2.75, 3.05) is 10.6 Å². The van der Waals surface area contributed by atoms with Crippen molar-refractivity contribution in [2.45, 2.75) is 6.54 Å². The summed E-state index contributed by atoms with van der Waals surface area (Å²) in [7, 11) is 0. The molecule has 0 fully saturated rings. The molecule has 2 heterocycles. The number of nitrogens with one attached hydrogen (secondary N) is 2. The van der Waals surface area contributed by atoms with E-state index < -0.39 is 0 Å². The molecular weight excluding hydrogens is 334 g/mol. The van der Waals surface area contributed by atoms with E-state index >= 15 is 0 Å². The van der Waals surface area contributed by atoms with Crippen molar-refractivity contribution >= 4 is 17.5 Å². The summed E-state index contributed by atoms with van der Waals surface area (Å²) in [5.41, 5.74) is 3.95. The lowest BCUT2D eigenvalue weighted by Gasteiger charge is -2.11. The molecule has 0 radical (unpaired) electrons. The van der Waals surface area contributed by atoms with Crippen LogP contribution >= 0.6 is 0 Å². The molecule has 0 unspecified atom stereocenters. The smallest absolute Gasteiger partial charge is 0.225 e. The summed E-state index contributed by atoms with van der Waals surface area (Å²) in [6.07, 6.45) is 3.59. The van der Waals surface area contributed by atoms with Crippen LogP contribution in [0.15, 0.2) is 91.3 Å². The van der Waals surface area contributed by atoms with Gasteiger partial charge < -0.3 is 10.6 Å². The average Bonchev–Trinajstić information content (AvgIpc) is 2.74. The summed E-state index contributed by atoms with van der Waals surface area (Å²) in [6.45, 7) is 0.608. The predicted octanol–water partition coefficient (Wildman–Crippen LogP) is 4.89. The predicted molar refractivity (Wildman–Crippen MR) is 109 cm³/mol. The Balaban J connectivity index is 1.63. The van der Waals surface area contributed by atoms with Crippen molar-refractivity contribution in [2.24, 2.45) is 0 Å². The van der Waals surface area contributed by atoms with Crippen molar-refractivity contribution in [3.05, 3.63) is 96.8 Å². The van der Waals surface area contributed by atoms with Crippen molar-refractivity contribution in [1.82, 2.24) is 15.0 Å². The number of anilines is 3. The maximum absolute atomic E-state index is 4.68. The number of hydrogen-bond donors (Lipinski definition) is 2. The first-order chi connectivity index (χ1) is 13.4. The van der Waals surface area contributed by atoms with Crippen molar-refractivity contribution in [3.63, 3.8) is 0 Å². The van der Waals surface area contributed by atoms with E-state index in [0.717, 1.165) is 28.3 Å². The highest BCUT2D eigenvalue weighted by atomic mass is 15.1. The maximum Gasteiger partial charge on any atom is 0.225 e. The van der Waals surface area contributed by atoms with E-state index in [1.54, 1.807) is 6.20 Å². The third kappa shape index (κ3) is 4.46. The van der Waals surface area contributed by atoms with Crippen LogP contribution in [0.25, 0.3) is 11.3 Å². The number of nitrogens with zero attached hydrogens (tertiary/aromatic N) is 3. The van der Waals surface area contributed by atoms with Crippen molar-refractivity contribution in [1.29, 1.82) is 0 Å². The molecular formula is C22H19N5. The first-order valence-corrected chi connectivity index (χ1v) is 8.76. The molecule has 0 saturated carbocycles. The van der Waals surface area contributed by atoms with Crippen LogP contribution in [0.5, 0.6) is 0 Å². The van der Waals surface area contributed by atoms with E-state index in [9.17, 15) is 0 Å². The second-order valence-electron chi connectivity index (χ2n) is 6.03. The fourth-order valence-corrected chi connectivity index (χ4v) is 2.70. The van der Waals surface area contributed by atoms with E-state index in [1.165, 1.54) is 0 Å². The SMILES string of the molecule is c1ccc(Nc2cc(-c3ccccc3)nc(NCc3cccnc3)n2)cc1. The summed E-state index contributed by atoms with van der Waals surface area (Å²) < 4.78 is 0. The maximum atomic E-state index is 4.68. The lowest BCUT2D eigenvalue weighted by atomic mass is 10.1. The zero-order valence-electron chi connectivity index (χ0n) is 14.7. The molecule has 0 saturated heterocycles. The monoisotopic (exact) mass is 353 g/mol. The van der Waals surface area contributed by atoms with Crippen molar-refractivity contribution in [3.8, 4) is 11.3 Å². The van der Waals surface area contributed by atoms with Gasteiger partial charge in [-0.3, -0.25) is 4.98 Å². The molecule has 4 aromatic rings. The number of aromatic nitrogens is 3. The standard InChI is InChI=1S/C22H19N5/c1-3-9-18(10-4-1)20-14-21(25-19-11-5-2-6-12-19)27-22(26-20)24-16-17-8-7-13-23-15-17/h1-15H,16H2,(H2,24,25,26,27). The Bertz CT molecular complexity index is 989. The Labute approximate surface area is 158 Å². The van der Waals surface area contributed by atoms with Gasteiger partial charge in [0.2, 0.25) is 5.95 Å². The van der Waals surface area contributed by atoms with Crippen LogP contribution in [0.4, 0.5) is 17.5 Å². The summed E-state index contributed by atoms with van der Waals surface area (Å²) >= 11 is 0. The molecule has 0 atom stereocenters. The van der Waals surface area contributed by atoms with Gasteiger partial charge in [0, 0.05) is 36.3 Å². The third-order valence-corrected chi connectivity index (χ3v) is 4.02. The number of hydrogen-bond acceptors (Lipinski definition) is 5. The van der Waals surface area contributed by atoms with Gasteiger partial charge in [0.15, 0.2) is 0 Å². The van der Waals surface area contributed by atoms with Gasteiger partial charge in [-0.05, 0) is 23.8 Å². The Hall–Kier alpha value is -3.73. The van der Waals surface area contributed by atoms with Gasteiger partial charge in [0.1, 0.15) is 5.82 Å². The fraction of sp³-hybridized carbons (Fsp3) is 0.0455. The quantitative estimate of drug-likeness (QED) is 0.516. The van der Waals surface area contributed by atoms with Crippen LogP contribution in [0.3, 0.4) is 0 Å². The van der Waals surface area contributed by atoms with Crippen LogP contribution in [-0.2, 0) is 6.54 Å². The van der Waals surface area contributed by atoms with Gasteiger partial charge in [-0.2, -0.15) is 4.98 Å². The minimum absolute atomic E-state index is 0.568. The normalized spacial score (nSPS) is 10.4. The molecule has 0 spiro atoms. The molecule has 27 heavy (non-hydrogen) atoms. The van der Waals surface area contributed by atoms with E-state index in [1.807, 2.05) is 85.1 Å². The number of para-hydroxylation sites is 1. The first kappa shape index (κ1) is 16.7. The Kier molecular flexibility index (Phi) is 5.02. The van der Waals surface area contributed by atoms with E-state index in [4.69, 9.17) is 0 Å². The van der Waals surface area contributed by atoms with E-state index in [0.29, 0.717) is 12.5 Å². The van der Waals surface area contributed by atoms with Gasteiger partial charge in [-0.1, -0.05) is 54.6 Å². The Morgan fingerprint density at radius 2 is 1.56 bits per heavy atom. The highest BCUT2D eigenvalue weighted by Crippen LogP contribution is 2.23. The van der Waals surface area contributed by atoms with E-state index in [2.05, 4.69) is 25.6 Å². The van der Waals surface area contributed by atoms with Gasteiger partial charge in [0.25, 0.3) is 0 Å². The molecule has 0 amide bonds. The molecule has 5 nitrogen and oxygen atoms in total. The molecule has 5 heteroatoms. The highest BCUT2D eigenvalue weighted by Gasteiger charge is 2.07. The Morgan fingerprint density at radius 3 is 2.30 bits per heavy atom. The lowest BCUT2D eigenvalue weighted by Crippen LogP contribution is -2.06. The van der Waals surface area contributed by atoms with Gasteiger partial charge >= 0.3 is 0 Å². The van der Waals surface area contributed by atoms with Gasteiger partial charge in [-0.25, -0.2) is 4.98 Å². The zero-order chi connectivity index (χ0) is 18.3. The summed E-state index contributed by atoms with van der Waals surface area (Å²) in [5.74, 6) is 1.31. The highest BCUT2D eigenvalue weighted by molar-refractivity contribution is 5.67. The Morgan fingerprint density at radius 1 is 0.778 bits per heavy atom. The van der Waals surface area contributed by atoms with Crippen LogP contribution in [0, 0.1) is 0 Å². The van der Waals surface area contributed by atoms with Crippen LogP contribution in [-0.4, -0.2) is 15.0 Å². The first-order valence-electron chi connectivity index (χ1n) is 8.76. The van der Waals surface area contributed by atoms with Gasteiger partial charge in [0.05, 0.1) is 5.69 Å². The fourth-order valence-electron chi connectivity index (χ4n) is 2.70. The van der Waals surface area contributed by atoms with Crippen LogP contribution < -0.4 is 10.6 Å². The second-order valence-corrected chi connectivity index (χ2v) is 6.03. The third-order valence-electron chi connectivity index (χ3n) is 4.02. The van der Waals surface area contributed by atoms with Crippen LogP contribution in [0.1, 0.15) is 5.56 Å². The topological polar surface area (TPSA) is 62.7 Å². The van der Waals surface area contributed by atoms with Crippen LogP contribution in [0.2, 0.25) is 0 Å². The number of pyridine rings is 1. The summed E-state index contributed by atoms with van der Waals surface area (Å²) in [4.78, 5) is 13.4. The van der Waals surface area contributed by atoms with Gasteiger partial charge in [-0.15, -0.1) is 0 Å². The number of benzene rings is 2. The second kappa shape index (κ2) is 8.10. The largest absolute Gasteiger partial charge is 0.350 e. The molecule has 4 rings (SSSR count). The molecule has 2 aromatic carbocycles.